The van der Waals surface area contributed by atoms with E-state index in [9.17, 15) is 4.79 Å². The number of H-pyrrole nitrogens is 1. The molecule has 0 bridgehead atoms. The highest BCUT2D eigenvalue weighted by molar-refractivity contribution is 6.05. The van der Waals surface area contributed by atoms with E-state index in [-0.39, 0.29) is 5.91 Å². The molecule has 4 rings (SSSR count). The fourth-order valence-corrected chi connectivity index (χ4v) is 2.70. The van der Waals surface area contributed by atoms with Crippen molar-refractivity contribution in [2.75, 3.05) is 23.3 Å². The number of fused-ring (bicyclic) bond motifs is 1. The van der Waals surface area contributed by atoms with E-state index in [1.54, 1.807) is 24.3 Å². The van der Waals surface area contributed by atoms with Crippen molar-refractivity contribution in [2.24, 2.45) is 0 Å². The number of aromatic amines is 1. The molecule has 1 saturated heterocycles. The van der Waals surface area contributed by atoms with Crippen LogP contribution in [0.2, 0.25) is 0 Å². The molecule has 0 spiro atoms. The molecule has 1 fully saturated rings. The molecule has 1 aromatic carbocycles. The van der Waals surface area contributed by atoms with Crippen LogP contribution in [0.4, 0.5) is 11.6 Å². The molecule has 1 amide bonds. The van der Waals surface area contributed by atoms with Gasteiger partial charge in [0, 0.05) is 24.7 Å². The summed E-state index contributed by atoms with van der Waals surface area (Å²) in [6, 6.07) is 6.96. The molecule has 1 aliphatic heterocycles. The lowest BCUT2D eigenvalue weighted by Crippen LogP contribution is -2.20. The molecule has 0 saturated carbocycles. The molecule has 0 unspecified atom stereocenters. The molecule has 2 N–H and O–H groups in total. The summed E-state index contributed by atoms with van der Waals surface area (Å²) in [5.74, 6) is 1.10. The van der Waals surface area contributed by atoms with E-state index in [1.165, 1.54) is 19.2 Å². The highest BCUT2D eigenvalue weighted by Crippen LogP contribution is 2.20. The van der Waals surface area contributed by atoms with Gasteiger partial charge in [0.05, 0.1) is 0 Å². The number of hydrogen-bond donors (Lipinski definition) is 2. The number of rotatable bonds is 3. The molecule has 3 heterocycles. The van der Waals surface area contributed by atoms with Gasteiger partial charge >= 0.3 is 0 Å². The Morgan fingerprint density at radius 1 is 1.09 bits per heavy atom. The van der Waals surface area contributed by atoms with Crippen LogP contribution in [-0.4, -0.2) is 44.4 Å². The predicted molar refractivity (Wildman–Crippen MR) is 85.3 cm³/mol. The Kier molecular flexibility index (Phi) is 3.34. The number of carbonyl (C=O) groups excluding carboxylic acids is 1. The monoisotopic (exact) mass is 309 g/mol. The quantitative estimate of drug-likeness (QED) is 0.762. The van der Waals surface area contributed by atoms with Crippen LogP contribution in [0.15, 0.2) is 30.6 Å². The molecule has 8 nitrogen and oxygen atoms in total. The van der Waals surface area contributed by atoms with Gasteiger partial charge in [0.15, 0.2) is 0 Å². The normalized spacial score (nSPS) is 14.3. The number of hydrogen-bond acceptors (Lipinski definition) is 6. The highest BCUT2D eigenvalue weighted by Gasteiger charge is 2.15. The van der Waals surface area contributed by atoms with E-state index in [0.717, 1.165) is 24.4 Å². The molecule has 23 heavy (non-hydrogen) atoms. The molecule has 0 radical (unpaired) electrons. The lowest BCUT2D eigenvalue weighted by molar-refractivity contribution is 0.102. The summed E-state index contributed by atoms with van der Waals surface area (Å²) < 4.78 is 0. The fourth-order valence-electron chi connectivity index (χ4n) is 2.70. The van der Waals surface area contributed by atoms with Crippen molar-refractivity contribution in [1.29, 1.82) is 0 Å². The summed E-state index contributed by atoms with van der Waals surface area (Å²) in [5, 5.41) is 13.3. The minimum atomic E-state index is -0.235. The van der Waals surface area contributed by atoms with Gasteiger partial charge in [0.2, 0.25) is 0 Å². The lowest BCUT2D eigenvalue weighted by Gasteiger charge is -2.16. The zero-order valence-corrected chi connectivity index (χ0v) is 12.4. The average Bonchev–Trinajstić information content (AvgIpc) is 3.26. The molecular weight excluding hydrogens is 294 g/mol. The van der Waals surface area contributed by atoms with Gasteiger partial charge in [-0.25, -0.2) is 9.97 Å². The SMILES string of the molecule is O=C(Nc1cc(N2CCCC2)ncn1)c1ccc2n[nH]nc2c1. The van der Waals surface area contributed by atoms with Crippen LogP contribution in [0.5, 0.6) is 0 Å². The first kappa shape index (κ1) is 13.6. The number of amides is 1. The first-order valence-corrected chi connectivity index (χ1v) is 7.48. The van der Waals surface area contributed by atoms with Crippen molar-refractivity contribution in [3.8, 4) is 0 Å². The number of benzene rings is 1. The number of aromatic nitrogens is 5. The molecule has 3 aromatic rings. The molecule has 1 aliphatic rings. The topological polar surface area (TPSA) is 99.7 Å². The predicted octanol–water partition coefficient (Wildman–Crippen LogP) is 1.60. The van der Waals surface area contributed by atoms with Crippen molar-refractivity contribution < 1.29 is 4.79 Å². The third-order valence-electron chi connectivity index (χ3n) is 3.90. The summed E-state index contributed by atoms with van der Waals surface area (Å²) in [7, 11) is 0. The van der Waals surface area contributed by atoms with Crippen LogP contribution >= 0.6 is 0 Å². The minimum absolute atomic E-state index is 0.235. The zero-order chi connectivity index (χ0) is 15.6. The second kappa shape index (κ2) is 5.64. The summed E-state index contributed by atoms with van der Waals surface area (Å²) in [5.41, 5.74) is 1.88. The Hall–Kier alpha value is -3.03. The maximum absolute atomic E-state index is 12.4. The van der Waals surface area contributed by atoms with Gasteiger partial charge in [0.25, 0.3) is 5.91 Å². The van der Waals surface area contributed by atoms with Crippen molar-refractivity contribution in [3.05, 3.63) is 36.2 Å². The Labute approximate surface area is 131 Å². The van der Waals surface area contributed by atoms with Crippen molar-refractivity contribution in [1.82, 2.24) is 25.4 Å². The Bertz CT molecular complexity index is 854. The van der Waals surface area contributed by atoms with Gasteiger partial charge in [-0.3, -0.25) is 4.79 Å². The lowest BCUT2D eigenvalue weighted by atomic mass is 10.2. The van der Waals surface area contributed by atoms with Crippen LogP contribution in [0, 0.1) is 0 Å². The standard InChI is InChI=1S/C15H15N7O/c23-15(10-3-4-11-12(7-10)20-21-19-11)18-13-8-14(17-9-16-13)22-5-1-2-6-22/h3-4,7-9H,1-2,5-6H2,(H,19,20,21)(H,16,17,18,23). The fraction of sp³-hybridized carbons (Fsp3) is 0.267. The van der Waals surface area contributed by atoms with E-state index in [2.05, 4.69) is 35.6 Å². The number of nitrogens with one attached hydrogen (secondary N) is 2. The maximum atomic E-state index is 12.4. The van der Waals surface area contributed by atoms with Crippen LogP contribution in [-0.2, 0) is 0 Å². The average molecular weight is 309 g/mol. The van der Waals surface area contributed by atoms with Crippen molar-refractivity contribution in [2.45, 2.75) is 12.8 Å². The van der Waals surface area contributed by atoms with E-state index < -0.39 is 0 Å². The van der Waals surface area contributed by atoms with Crippen molar-refractivity contribution >= 4 is 28.6 Å². The molecular formula is C15H15N7O. The molecule has 0 aliphatic carbocycles. The van der Waals surface area contributed by atoms with Crippen LogP contribution in [0.1, 0.15) is 23.2 Å². The zero-order valence-electron chi connectivity index (χ0n) is 12.4. The first-order chi connectivity index (χ1) is 11.3. The minimum Gasteiger partial charge on any atom is -0.356 e. The van der Waals surface area contributed by atoms with Crippen LogP contribution in [0.3, 0.4) is 0 Å². The van der Waals surface area contributed by atoms with Gasteiger partial charge in [0.1, 0.15) is 29.0 Å². The van der Waals surface area contributed by atoms with Gasteiger partial charge in [-0.1, -0.05) is 0 Å². The summed E-state index contributed by atoms with van der Waals surface area (Å²) in [6.45, 7) is 1.99. The number of anilines is 2. The van der Waals surface area contributed by atoms with E-state index in [4.69, 9.17) is 0 Å². The third-order valence-corrected chi connectivity index (χ3v) is 3.90. The number of nitrogens with zero attached hydrogens (tertiary/aromatic N) is 5. The second-order valence-electron chi connectivity index (χ2n) is 5.44. The summed E-state index contributed by atoms with van der Waals surface area (Å²) >= 11 is 0. The maximum Gasteiger partial charge on any atom is 0.256 e. The molecule has 2 aromatic heterocycles. The summed E-state index contributed by atoms with van der Waals surface area (Å²) in [6.07, 6.45) is 3.82. The molecule has 8 heteroatoms. The smallest absolute Gasteiger partial charge is 0.256 e. The van der Waals surface area contributed by atoms with E-state index in [0.29, 0.717) is 16.9 Å². The second-order valence-corrected chi connectivity index (χ2v) is 5.44. The van der Waals surface area contributed by atoms with Crippen molar-refractivity contribution in [3.63, 3.8) is 0 Å². The summed E-state index contributed by atoms with van der Waals surface area (Å²) in [4.78, 5) is 23.0. The van der Waals surface area contributed by atoms with Gasteiger partial charge in [-0.2, -0.15) is 15.4 Å². The molecule has 0 atom stereocenters. The van der Waals surface area contributed by atoms with E-state index >= 15 is 0 Å². The first-order valence-electron chi connectivity index (χ1n) is 7.48. The third kappa shape index (κ3) is 2.70. The Balaban J connectivity index is 1.54. The number of carbonyl (C=O) groups is 1. The van der Waals surface area contributed by atoms with Gasteiger partial charge < -0.3 is 10.2 Å². The van der Waals surface area contributed by atoms with Crippen LogP contribution < -0.4 is 10.2 Å². The highest BCUT2D eigenvalue weighted by atomic mass is 16.1. The van der Waals surface area contributed by atoms with E-state index in [1.807, 2.05) is 0 Å². The van der Waals surface area contributed by atoms with Gasteiger partial charge in [-0.05, 0) is 31.0 Å². The Morgan fingerprint density at radius 3 is 2.78 bits per heavy atom. The van der Waals surface area contributed by atoms with Gasteiger partial charge in [-0.15, -0.1) is 0 Å². The van der Waals surface area contributed by atoms with Crippen LogP contribution in [0.25, 0.3) is 11.0 Å². The largest absolute Gasteiger partial charge is 0.356 e. The molecule has 116 valence electrons. The Morgan fingerprint density at radius 2 is 1.91 bits per heavy atom.